The summed E-state index contributed by atoms with van der Waals surface area (Å²) < 4.78 is 5.00. The van der Waals surface area contributed by atoms with Crippen LogP contribution in [0.5, 0.6) is 0 Å². The maximum atomic E-state index is 11.9. The molecule has 8 nitrogen and oxygen atoms in total. The van der Waals surface area contributed by atoms with E-state index in [1.165, 1.54) is 0 Å². The maximum absolute atomic E-state index is 11.9. The van der Waals surface area contributed by atoms with Gasteiger partial charge in [0.15, 0.2) is 0 Å². The molecule has 2 atom stereocenters. The summed E-state index contributed by atoms with van der Waals surface area (Å²) in [5.74, 6) is -1.16. The molecule has 27 heavy (non-hydrogen) atoms. The molecule has 5 N–H and O–H groups in total. The molecule has 0 radical (unpaired) electrons. The van der Waals surface area contributed by atoms with Crippen LogP contribution < -0.4 is 16.4 Å². The van der Waals surface area contributed by atoms with Gasteiger partial charge in [-0.3, -0.25) is 9.59 Å². The summed E-state index contributed by atoms with van der Waals surface area (Å²) in [6.45, 7) is 3.54. The number of primary amides is 1. The quantitative estimate of drug-likeness (QED) is 0.319. The number of aliphatic hydroxyl groups is 1. The maximum Gasteiger partial charge on any atom is 0.407 e. The molecule has 148 valence electrons. The van der Waals surface area contributed by atoms with Gasteiger partial charge in [-0.15, -0.1) is 6.58 Å². The number of rotatable bonds is 12. The van der Waals surface area contributed by atoms with Crippen LogP contribution >= 0.6 is 0 Å². The van der Waals surface area contributed by atoms with Crippen molar-refractivity contribution in [2.24, 2.45) is 5.73 Å². The van der Waals surface area contributed by atoms with E-state index >= 15 is 0 Å². The van der Waals surface area contributed by atoms with Crippen molar-refractivity contribution in [1.29, 1.82) is 0 Å². The lowest BCUT2D eigenvalue weighted by Crippen LogP contribution is -2.46. The van der Waals surface area contributed by atoms with Gasteiger partial charge in [0.25, 0.3) is 0 Å². The van der Waals surface area contributed by atoms with Crippen LogP contribution in [0.15, 0.2) is 43.0 Å². The van der Waals surface area contributed by atoms with E-state index in [9.17, 15) is 19.5 Å². The predicted molar refractivity (Wildman–Crippen MR) is 100 cm³/mol. The van der Waals surface area contributed by atoms with Crippen LogP contribution in [0.1, 0.15) is 31.2 Å². The number of carbonyl (C=O) groups excluding carboxylic acids is 3. The Kier molecular flexibility index (Phi) is 10.2. The number of aliphatic hydroxyl groups excluding tert-OH is 1. The monoisotopic (exact) mass is 377 g/mol. The molecular weight excluding hydrogens is 350 g/mol. The van der Waals surface area contributed by atoms with Crippen LogP contribution in [-0.4, -0.2) is 41.7 Å². The number of hydrogen-bond donors (Lipinski definition) is 4. The molecule has 0 aliphatic carbocycles. The number of nitrogens with two attached hydrogens (primary N) is 1. The second-order valence-electron chi connectivity index (χ2n) is 6.04. The first kappa shape index (κ1) is 22.2. The zero-order valence-electron chi connectivity index (χ0n) is 15.2. The van der Waals surface area contributed by atoms with Crippen molar-refractivity contribution in [3.05, 3.63) is 48.6 Å². The highest BCUT2D eigenvalue weighted by atomic mass is 16.5. The first-order chi connectivity index (χ1) is 12.9. The number of hydrogen-bond acceptors (Lipinski definition) is 5. The van der Waals surface area contributed by atoms with Crippen molar-refractivity contribution in [2.45, 2.75) is 44.4 Å². The van der Waals surface area contributed by atoms with E-state index in [1.54, 1.807) is 6.08 Å². The van der Waals surface area contributed by atoms with Crippen molar-refractivity contribution in [1.82, 2.24) is 10.6 Å². The Labute approximate surface area is 158 Å². The molecule has 3 amide bonds. The van der Waals surface area contributed by atoms with Crippen LogP contribution in [0.3, 0.4) is 0 Å². The lowest BCUT2D eigenvalue weighted by atomic mass is 10.1. The zero-order chi connectivity index (χ0) is 20.1. The van der Waals surface area contributed by atoms with Crippen molar-refractivity contribution in [2.75, 3.05) is 6.54 Å². The Morgan fingerprint density at radius 3 is 2.59 bits per heavy atom. The van der Waals surface area contributed by atoms with Crippen LogP contribution in [0.25, 0.3) is 0 Å². The minimum Gasteiger partial charge on any atom is -0.445 e. The Bertz CT molecular complexity index is 621. The highest BCUT2D eigenvalue weighted by Gasteiger charge is 2.19. The van der Waals surface area contributed by atoms with Crippen LogP contribution in [0.4, 0.5) is 4.79 Å². The van der Waals surface area contributed by atoms with Crippen molar-refractivity contribution >= 4 is 17.9 Å². The molecule has 1 aromatic rings. The van der Waals surface area contributed by atoms with Crippen molar-refractivity contribution in [3.63, 3.8) is 0 Å². The average Bonchev–Trinajstić information content (AvgIpc) is 2.64. The number of nitrogens with one attached hydrogen (secondary N) is 2. The Balaban J connectivity index is 2.28. The van der Waals surface area contributed by atoms with Crippen LogP contribution in [0, 0.1) is 0 Å². The minimum absolute atomic E-state index is 0.105. The Hall–Kier alpha value is -2.87. The third kappa shape index (κ3) is 10.0. The van der Waals surface area contributed by atoms with Gasteiger partial charge in [0.2, 0.25) is 11.8 Å². The number of carbonyl (C=O) groups is 3. The van der Waals surface area contributed by atoms with E-state index in [4.69, 9.17) is 10.5 Å². The van der Waals surface area contributed by atoms with Gasteiger partial charge in [-0.1, -0.05) is 36.4 Å². The van der Waals surface area contributed by atoms with E-state index in [-0.39, 0.29) is 19.6 Å². The fraction of sp³-hybridized carbons (Fsp3) is 0.421. The second kappa shape index (κ2) is 12.5. The van der Waals surface area contributed by atoms with E-state index in [0.29, 0.717) is 19.3 Å². The molecular formula is C19H27N3O5. The molecule has 0 saturated carbocycles. The molecule has 8 heteroatoms. The van der Waals surface area contributed by atoms with Gasteiger partial charge in [0.05, 0.1) is 12.5 Å². The molecule has 0 fully saturated rings. The number of alkyl carbamates (subject to hydrolysis) is 1. The molecule has 0 aromatic heterocycles. The van der Waals surface area contributed by atoms with E-state index in [0.717, 1.165) is 5.56 Å². The summed E-state index contributed by atoms with van der Waals surface area (Å²) in [5, 5.41) is 14.7. The Morgan fingerprint density at radius 2 is 1.96 bits per heavy atom. The first-order valence-electron chi connectivity index (χ1n) is 8.74. The third-order valence-corrected chi connectivity index (χ3v) is 3.70. The molecule has 0 unspecified atom stereocenters. The fourth-order valence-corrected chi connectivity index (χ4v) is 2.27. The highest BCUT2D eigenvalue weighted by molar-refractivity contribution is 5.86. The fourth-order valence-electron chi connectivity index (χ4n) is 2.27. The van der Waals surface area contributed by atoms with Gasteiger partial charge in [-0.2, -0.15) is 0 Å². The summed E-state index contributed by atoms with van der Waals surface area (Å²) in [6.07, 6.45) is 1.39. The third-order valence-electron chi connectivity index (χ3n) is 3.70. The number of benzene rings is 1. The standard InChI is InChI=1S/C19H27N3O5/c1-2-3-5-10-16(18(20)25)22-17(24)11-15(23)12-21-19(26)27-13-14-8-6-4-7-9-14/h2,4,6-9,15-16,23H,1,3,5,10-13H2,(H2,20,25)(H,21,26)(H,22,24)/t15-,16-/m0/s1. The van der Waals surface area contributed by atoms with Crippen LogP contribution in [0.2, 0.25) is 0 Å². The topological polar surface area (TPSA) is 131 Å². The lowest BCUT2D eigenvalue weighted by molar-refractivity contribution is -0.128. The molecule has 1 rings (SSSR count). The highest BCUT2D eigenvalue weighted by Crippen LogP contribution is 2.03. The summed E-state index contributed by atoms with van der Waals surface area (Å²) in [5.41, 5.74) is 6.10. The van der Waals surface area contributed by atoms with Gasteiger partial charge < -0.3 is 26.2 Å². The average molecular weight is 377 g/mol. The SMILES string of the molecule is C=CCCC[C@H](NC(=O)C[C@H](O)CNC(=O)OCc1ccccc1)C(N)=O. The second-order valence-corrected chi connectivity index (χ2v) is 6.04. The molecule has 0 spiro atoms. The smallest absolute Gasteiger partial charge is 0.407 e. The largest absolute Gasteiger partial charge is 0.445 e. The molecule has 0 heterocycles. The normalized spacial score (nSPS) is 12.5. The van der Waals surface area contributed by atoms with E-state index in [1.807, 2.05) is 30.3 Å². The number of amides is 3. The summed E-state index contributed by atoms with van der Waals surface area (Å²) in [4.78, 5) is 34.9. The Morgan fingerprint density at radius 1 is 1.26 bits per heavy atom. The van der Waals surface area contributed by atoms with Crippen molar-refractivity contribution in [3.8, 4) is 0 Å². The van der Waals surface area contributed by atoms with Crippen LogP contribution in [-0.2, 0) is 20.9 Å². The number of ether oxygens (including phenoxy) is 1. The van der Waals surface area contributed by atoms with Gasteiger partial charge in [-0.25, -0.2) is 4.79 Å². The minimum atomic E-state index is -1.11. The van der Waals surface area contributed by atoms with E-state index in [2.05, 4.69) is 17.2 Å². The van der Waals surface area contributed by atoms with Crippen molar-refractivity contribution < 1.29 is 24.2 Å². The van der Waals surface area contributed by atoms with Gasteiger partial charge in [0.1, 0.15) is 12.6 Å². The summed E-state index contributed by atoms with van der Waals surface area (Å²) in [6, 6.07) is 8.35. The lowest BCUT2D eigenvalue weighted by Gasteiger charge is -2.17. The van der Waals surface area contributed by atoms with Gasteiger partial charge in [-0.05, 0) is 24.8 Å². The molecule has 0 bridgehead atoms. The van der Waals surface area contributed by atoms with Gasteiger partial charge >= 0.3 is 6.09 Å². The summed E-state index contributed by atoms with van der Waals surface area (Å²) >= 11 is 0. The zero-order valence-corrected chi connectivity index (χ0v) is 15.2. The number of unbranched alkanes of at least 4 members (excludes halogenated alkanes) is 1. The summed E-state index contributed by atoms with van der Waals surface area (Å²) in [7, 11) is 0. The first-order valence-corrected chi connectivity index (χ1v) is 8.74. The molecule has 1 aromatic carbocycles. The van der Waals surface area contributed by atoms with Gasteiger partial charge in [0, 0.05) is 6.54 Å². The van der Waals surface area contributed by atoms with E-state index < -0.39 is 30.1 Å². The molecule has 0 saturated heterocycles. The number of allylic oxidation sites excluding steroid dienone is 1. The predicted octanol–water partition coefficient (Wildman–Crippen LogP) is 0.990. The molecule has 0 aliphatic rings. The molecule has 0 aliphatic heterocycles.